The third kappa shape index (κ3) is 1.45. The number of carboxylic acid groups (broad SMARTS) is 1. The molecule has 0 aliphatic carbocycles. The Kier molecular flexibility index (Phi) is 1.35. The van der Waals surface area contributed by atoms with Crippen molar-refractivity contribution >= 4 is 24.5 Å². The van der Waals surface area contributed by atoms with E-state index in [9.17, 15) is 4.79 Å². The van der Waals surface area contributed by atoms with Crippen molar-refractivity contribution in [1.29, 1.82) is 0 Å². The second-order valence-corrected chi connectivity index (χ2v) is 1.25. The van der Waals surface area contributed by atoms with Gasteiger partial charge in [0.2, 0.25) is 0 Å². The van der Waals surface area contributed by atoms with Crippen LogP contribution in [-0.2, 0) is 0 Å². The van der Waals surface area contributed by atoms with E-state index in [-0.39, 0.29) is 5.96 Å². The molecule has 0 aromatic rings. The number of aliphatic imine (C=N–C) groups is 3. The van der Waals surface area contributed by atoms with E-state index >= 15 is 0 Å². The maximum absolute atomic E-state index is 9.82. The van der Waals surface area contributed by atoms with E-state index in [1.54, 1.807) is 0 Å². The van der Waals surface area contributed by atoms with Crippen LogP contribution in [0.5, 0.6) is 0 Å². The molecule has 0 bridgehead atoms. The van der Waals surface area contributed by atoms with Crippen molar-refractivity contribution in [1.82, 2.24) is 0 Å². The first-order valence-electron chi connectivity index (χ1n) is 2.17. The maximum Gasteiger partial charge on any atom is 0.434 e. The molecule has 0 radical (unpaired) electrons. The third-order valence-corrected chi connectivity index (χ3v) is 0.642. The number of amides is 1. The molecule has 5 nitrogen and oxygen atoms in total. The SMILES string of the molecule is O=C(O)N=C1N=CC=N1. The van der Waals surface area contributed by atoms with E-state index in [4.69, 9.17) is 5.11 Å². The van der Waals surface area contributed by atoms with Gasteiger partial charge in [-0.1, -0.05) is 0 Å². The van der Waals surface area contributed by atoms with E-state index in [2.05, 4.69) is 15.0 Å². The highest BCUT2D eigenvalue weighted by Gasteiger charge is 1.98. The van der Waals surface area contributed by atoms with Crippen LogP contribution in [0.2, 0.25) is 0 Å². The topological polar surface area (TPSA) is 74.4 Å². The second-order valence-electron chi connectivity index (χ2n) is 1.25. The molecule has 0 atom stereocenters. The predicted octanol–water partition coefficient (Wildman–Crippen LogP) is 0.176. The van der Waals surface area contributed by atoms with Crippen molar-refractivity contribution in [3.8, 4) is 0 Å². The van der Waals surface area contributed by atoms with Crippen LogP contribution in [0.1, 0.15) is 0 Å². The summed E-state index contributed by atoms with van der Waals surface area (Å²) in [7, 11) is 0. The minimum absolute atomic E-state index is 0.0116. The zero-order chi connectivity index (χ0) is 6.69. The van der Waals surface area contributed by atoms with Crippen molar-refractivity contribution in [2.45, 2.75) is 0 Å². The highest BCUT2D eigenvalue weighted by Crippen LogP contribution is 1.87. The summed E-state index contributed by atoms with van der Waals surface area (Å²) in [5.41, 5.74) is 0. The van der Waals surface area contributed by atoms with Gasteiger partial charge in [0.15, 0.2) is 0 Å². The quantitative estimate of drug-likeness (QED) is 0.501. The van der Waals surface area contributed by atoms with Gasteiger partial charge < -0.3 is 5.11 Å². The molecule has 0 aromatic heterocycles. The Morgan fingerprint density at radius 3 is 2.56 bits per heavy atom. The zero-order valence-electron chi connectivity index (χ0n) is 4.35. The van der Waals surface area contributed by atoms with Crippen LogP contribution in [0.15, 0.2) is 15.0 Å². The van der Waals surface area contributed by atoms with Crippen LogP contribution < -0.4 is 0 Å². The highest BCUT2D eigenvalue weighted by atomic mass is 16.4. The van der Waals surface area contributed by atoms with Gasteiger partial charge in [0, 0.05) is 12.4 Å². The van der Waals surface area contributed by atoms with E-state index in [1.807, 2.05) is 0 Å². The molecule has 1 amide bonds. The Morgan fingerprint density at radius 1 is 1.56 bits per heavy atom. The smallest absolute Gasteiger partial charge is 0.434 e. The molecule has 1 aliphatic rings. The summed E-state index contributed by atoms with van der Waals surface area (Å²) >= 11 is 0. The lowest BCUT2D eigenvalue weighted by Crippen LogP contribution is -1.91. The normalized spacial score (nSPS) is 14.4. The molecule has 1 N–H and O–H groups in total. The lowest BCUT2D eigenvalue weighted by atomic mass is 10.9. The monoisotopic (exact) mass is 125 g/mol. The first kappa shape index (κ1) is 5.61. The molecule has 0 saturated carbocycles. The van der Waals surface area contributed by atoms with Gasteiger partial charge in [-0.3, -0.25) is 0 Å². The van der Waals surface area contributed by atoms with Crippen LogP contribution in [-0.4, -0.2) is 29.6 Å². The summed E-state index contributed by atoms with van der Waals surface area (Å²) in [5.74, 6) is -0.0116. The number of hydrogen-bond donors (Lipinski definition) is 1. The molecule has 1 aliphatic heterocycles. The Bertz CT molecular complexity index is 202. The van der Waals surface area contributed by atoms with Gasteiger partial charge >= 0.3 is 6.09 Å². The molecule has 46 valence electrons. The number of rotatable bonds is 0. The standard InChI is InChI=1S/C4H3N3O2/c8-4(9)7-3-5-1-2-6-3/h1-2H,(H,8,9). The van der Waals surface area contributed by atoms with Crippen molar-refractivity contribution in [2.75, 3.05) is 0 Å². The van der Waals surface area contributed by atoms with Gasteiger partial charge in [-0.25, -0.2) is 14.8 Å². The molecule has 5 heteroatoms. The Morgan fingerprint density at radius 2 is 2.11 bits per heavy atom. The van der Waals surface area contributed by atoms with Crippen LogP contribution in [0.25, 0.3) is 0 Å². The van der Waals surface area contributed by atoms with E-state index in [1.165, 1.54) is 12.4 Å². The highest BCUT2D eigenvalue weighted by molar-refractivity contribution is 6.26. The molecule has 0 fully saturated rings. The Hall–Kier alpha value is -1.52. The largest absolute Gasteiger partial charge is 0.463 e. The molecule has 0 unspecified atom stereocenters. The number of guanidine groups is 1. The van der Waals surface area contributed by atoms with Gasteiger partial charge in [0.25, 0.3) is 5.96 Å². The molecule has 1 heterocycles. The third-order valence-electron chi connectivity index (χ3n) is 0.642. The predicted molar refractivity (Wildman–Crippen MR) is 32.4 cm³/mol. The van der Waals surface area contributed by atoms with Crippen LogP contribution in [0, 0.1) is 0 Å². The van der Waals surface area contributed by atoms with Gasteiger partial charge in [-0.05, 0) is 0 Å². The van der Waals surface area contributed by atoms with E-state index < -0.39 is 6.09 Å². The van der Waals surface area contributed by atoms with E-state index in [0.717, 1.165) is 0 Å². The molecule has 9 heavy (non-hydrogen) atoms. The minimum atomic E-state index is -1.28. The molecule has 0 spiro atoms. The summed E-state index contributed by atoms with van der Waals surface area (Å²) in [6, 6.07) is 0. The summed E-state index contributed by atoms with van der Waals surface area (Å²) < 4.78 is 0. The van der Waals surface area contributed by atoms with Gasteiger partial charge in [0.1, 0.15) is 0 Å². The van der Waals surface area contributed by atoms with Gasteiger partial charge in [-0.15, -0.1) is 4.99 Å². The Labute approximate surface area is 50.5 Å². The average molecular weight is 125 g/mol. The van der Waals surface area contributed by atoms with Gasteiger partial charge in [-0.2, -0.15) is 0 Å². The summed E-state index contributed by atoms with van der Waals surface area (Å²) in [6.07, 6.45) is 1.48. The van der Waals surface area contributed by atoms with Crippen molar-refractivity contribution in [3.63, 3.8) is 0 Å². The fraction of sp³-hybridized carbons (Fsp3) is 0. The number of nitrogens with zero attached hydrogens (tertiary/aromatic N) is 3. The minimum Gasteiger partial charge on any atom is -0.463 e. The maximum atomic E-state index is 9.82. The average Bonchev–Trinajstić information content (AvgIpc) is 2.15. The summed E-state index contributed by atoms with van der Waals surface area (Å²) in [5, 5.41) is 8.04. The first-order valence-corrected chi connectivity index (χ1v) is 2.17. The fourth-order valence-electron chi connectivity index (χ4n) is 0.377. The zero-order valence-corrected chi connectivity index (χ0v) is 4.35. The van der Waals surface area contributed by atoms with Gasteiger partial charge in [0.05, 0.1) is 0 Å². The van der Waals surface area contributed by atoms with Crippen molar-refractivity contribution < 1.29 is 9.90 Å². The lowest BCUT2D eigenvalue weighted by molar-refractivity contribution is 0.205. The molecule has 1 rings (SSSR count). The summed E-state index contributed by atoms with van der Waals surface area (Å²) in [4.78, 5) is 19.8. The lowest BCUT2D eigenvalue weighted by Gasteiger charge is -1.79. The van der Waals surface area contributed by atoms with Crippen molar-refractivity contribution in [2.24, 2.45) is 15.0 Å². The molecular weight excluding hydrogens is 122 g/mol. The van der Waals surface area contributed by atoms with Crippen LogP contribution in [0.3, 0.4) is 0 Å². The first-order chi connectivity index (χ1) is 4.29. The second kappa shape index (κ2) is 2.17. The van der Waals surface area contributed by atoms with Crippen LogP contribution in [0.4, 0.5) is 4.79 Å². The molecule has 0 saturated heterocycles. The molecule has 0 aromatic carbocycles. The Balaban J connectivity index is 2.73. The number of carbonyl (C=O) groups is 1. The van der Waals surface area contributed by atoms with E-state index in [0.29, 0.717) is 0 Å². The fourth-order valence-corrected chi connectivity index (χ4v) is 0.377. The summed E-state index contributed by atoms with van der Waals surface area (Å²) in [6.45, 7) is 0. The van der Waals surface area contributed by atoms with Crippen molar-refractivity contribution in [3.05, 3.63) is 0 Å². The van der Waals surface area contributed by atoms with Crippen LogP contribution >= 0.6 is 0 Å². The molecular formula is C4H3N3O2. The number of hydrogen-bond acceptors (Lipinski definition) is 1.